The first kappa shape index (κ1) is 15.5. The Morgan fingerprint density at radius 3 is 2.43 bits per heavy atom. The number of hydrogen-bond acceptors (Lipinski definition) is 3. The lowest BCUT2D eigenvalue weighted by Gasteiger charge is -2.25. The number of halogens is 1. The summed E-state index contributed by atoms with van der Waals surface area (Å²) < 4.78 is 39.9. The van der Waals surface area contributed by atoms with Crippen LogP contribution >= 0.6 is 0 Å². The van der Waals surface area contributed by atoms with Crippen molar-refractivity contribution in [2.24, 2.45) is 0 Å². The van der Waals surface area contributed by atoms with Gasteiger partial charge < -0.3 is 5.11 Å². The Morgan fingerprint density at radius 2 is 1.81 bits per heavy atom. The molecule has 0 heterocycles. The summed E-state index contributed by atoms with van der Waals surface area (Å²) in [5.41, 5.74) is 0.295. The summed E-state index contributed by atoms with van der Waals surface area (Å²) in [7, 11) is -2.43. The highest BCUT2D eigenvalue weighted by molar-refractivity contribution is 7.89. The zero-order chi connectivity index (χ0) is 15.6. The van der Waals surface area contributed by atoms with E-state index in [0.29, 0.717) is 5.56 Å². The van der Waals surface area contributed by atoms with Crippen LogP contribution < -0.4 is 0 Å². The van der Waals surface area contributed by atoms with E-state index in [1.54, 1.807) is 25.1 Å². The van der Waals surface area contributed by atoms with E-state index in [4.69, 9.17) is 0 Å². The van der Waals surface area contributed by atoms with Crippen molar-refractivity contribution in [3.8, 4) is 5.75 Å². The molecule has 4 nitrogen and oxygen atoms in total. The van der Waals surface area contributed by atoms with E-state index in [0.717, 1.165) is 4.31 Å². The minimum atomic E-state index is -3.82. The molecule has 0 amide bonds. The van der Waals surface area contributed by atoms with Gasteiger partial charge >= 0.3 is 0 Å². The van der Waals surface area contributed by atoms with Crippen LogP contribution in [0.2, 0.25) is 0 Å². The summed E-state index contributed by atoms with van der Waals surface area (Å²) in [6.45, 7) is 1.61. The molecule has 0 bridgehead atoms. The molecule has 112 valence electrons. The zero-order valence-corrected chi connectivity index (χ0v) is 12.5. The predicted molar refractivity (Wildman–Crippen MR) is 77.9 cm³/mol. The average molecular weight is 309 g/mol. The summed E-state index contributed by atoms with van der Waals surface area (Å²) in [5, 5.41) is 9.41. The fourth-order valence-corrected chi connectivity index (χ4v) is 3.41. The number of phenols is 1. The summed E-state index contributed by atoms with van der Waals surface area (Å²) >= 11 is 0. The molecular formula is C15H16FNO3S. The Balaban J connectivity index is 2.39. The van der Waals surface area contributed by atoms with Gasteiger partial charge in [-0.1, -0.05) is 24.3 Å². The van der Waals surface area contributed by atoms with E-state index in [1.165, 1.54) is 37.4 Å². The number of benzene rings is 2. The molecule has 6 heteroatoms. The van der Waals surface area contributed by atoms with Crippen LogP contribution in [0.3, 0.4) is 0 Å². The molecule has 21 heavy (non-hydrogen) atoms. The number of rotatable bonds is 4. The molecule has 0 radical (unpaired) electrons. The van der Waals surface area contributed by atoms with Gasteiger partial charge in [0.2, 0.25) is 10.0 Å². The van der Waals surface area contributed by atoms with E-state index in [9.17, 15) is 17.9 Å². The zero-order valence-electron chi connectivity index (χ0n) is 11.7. The molecule has 0 spiro atoms. The molecule has 0 saturated carbocycles. The molecule has 0 fully saturated rings. The molecule has 1 atom stereocenters. The van der Waals surface area contributed by atoms with Crippen LogP contribution in [0, 0.1) is 5.82 Å². The molecule has 0 aliphatic carbocycles. The van der Waals surface area contributed by atoms with Gasteiger partial charge in [0.25, 0.3) is 0 Å². The van der Waals surface area contributed by atoms with Crippen molar-refractivity contribution in [1.82, 2.24) is 4.31 Å². The highest BCUT2D eigenvalue weighted by atomic mass is 32.2. The second-order valence-electron chi connectivity index (χ2n) is 4.72. The summed E-state index contributed by atoms with van der Waals surface area (Å²) in [5.74, 6) is -0.592. The Kier molecular flexibility index (Phi) is 4.29. The molecule has 0 aromatic heterocycles. The van der Waals surface area contributed by atoms with Crippen molar-refractivity contribution in [3.05, 3.63) is 59.9 Å². The first-order valence-corrected chi connectivity index (χ1v) is 7.79. The van der Waals surface area contributed by atoms with Crippen LogP contribution in [0.1, 0.15) is 18.5 Å². The number of phenolic OH excluding ortho intramolecular Hbond substituents is 1. The molecule has 0 aliphatic rings. The third-order valence-corrected chi connectivity index (χ3v) is 5.32. The maximum absolute atomic E-state index is 13.8. The smallest absolute Gasteiger partial charge is 0.243 e. The van der Waals surface area contributed by atoms with E-state index in [1.807, 2.05) is 0 Å². The second kappa shape index (κ2) is 5.83. The Labute approximate surface area is 123 Å². The second-order valence-corrected chi connectivity index (χ2v) is 6.71. The van der Waals surface area contributed by atoms with Crippen molar-refractivity contribution in [3.63, 3.8) is 0 Å². The summed E-state index contributed by atoms with van der Waals surface area (Å²) in [6.07, 6.45) is 0. The standard InChI is InChI=1S/C15H16FNO3S/c1-11(14-8-3-4-9-15(14)16)17(2)21(19,20)13-7-5-6-12(18)10-13/h3-11,18H,1-2H3. The van der Waals surface area contributed by atoms with Gasteiger partial charge in [-0.3, -0.25) is 0 Å². The summed E-state index contributed by atoms with van der Waals surface area (Å²) in [4.78, 5) is -0.0341. The van der Waals surface area contributed by atoms with Crippen molar-refractivity contribution >= 4 is 10.0 Å². The Bertz CT molecular complexity index is 746. The fraction of sp³-hybridized carbons (Fsp3) is 0.200. The highest BCUT2D eigenvalue weighted by Crippen LogP contribution is 2.28. The maximum atomic E-state index is 13.8. The van der Waals surface area contributed by atoms with Gasteiger partial charge in [-0.25, -0.2) is 12.8 Å². The molecular weight excluding hydrogens is 293 g/mol. The average Bonchev–Trinajstić information content (AvgIpc) is 2.46. The van der Waals surface area contributed by atoms with Crippen LogP contribution in [0.15, 0.2) is 53.4 Å². The minimum Gasteiger partial charge on any atom is -0.508 e. The molecule has 2 aromatic carbocycles. The van der Waals surface area contributed by atoms with Gasteiger partial charge in [-0.15, -0.1) is 0 Å². The number of sulfonamides is 1. The van der Waals surface area contributed by atoms with Crippen LogP contribution in [-0.4, -0.2) is 24.9 Å². The lowest BCUT2D eigenvalue weighted by molar-refractivity contribution is 0.387. The van der Waals surface area contributed by atoms with Gasteiger partial charge in [0.15, 0.2) is 0 Å². The Morgan fingerprint density at radius 1 is 1.14 bits per heavy atom. The van der Waals surface area contributed by atoms with Crippen molar-refractivity contribution < 1.29 is 17.9 Å². The Hall–Kier alpha value is -1.92. The van der Waals surface area contributed by atoms with E-state index < -0.39 is 21.9 Å². The van der Waals surface area contributed by atoms with Crippen LogP contribution in [0.5, 0.6) is 5.75 Å². The molecule has 2 rings (SSSR count). The van der Waals surface area contributed by atoms with Crippen LogP contribution in [0.4, 0.5) is 4.39 Å². The first-order chi connectivity index (χ1) is 9.84. The van der Waals surface area contributed by atoms with E-state index in [-0.39, 0.29) is 10.6 Å². The predicted octanol–water partition coefficient (Wildman–Crippen LogP) is 2.91. The van der Waals surface area contributed by atoms with Gasteiger partial charge in [0.05, 0.1) is 4.90 Å². The largest absolute Gasteiger partial charge is 0.508 e. The summed E-state index contributed by atoms with van der Waals surface area (Å²) in [6, 6.07) is 10.8. The van der Waals surface area contributed by atoms with Gasteiger partial charge in [0, 0.05) is 18.7 Å². The third-order valence-electron chi connectivity index (χ3n) is 3.40. The maximum Gasteiger partial charge on any atom is 0.243 e. The number of aromatic hydroxyl groups is 1. The minimum absolute atomic E-state index is 0.0341. The quantitative estimate of drug-likeness (QED) is 0.944. The lowest BCUT2D eigenvalue weighted by atomic mass is 10.1. The molecule has 2 aromatic rings. The normalized spacial score (nSPS) is 13.3. The van der Waals surface area contributed by atoms with Gasteiger partial charge in [-0.05, 0) is 31.2 Å². The topological polar surface area (TPSA) is 57.6 Å². The molecule has 1 unspecified atom stereocenters. The first-order valence-electron chi connectivity index (χ1n) is 6.35. The third kappa shape index (κ3) is 3.06. The SMILES string of the molecule is CC(c1ccccc1F)N(C)S(=O)(=O)c1cccc(O)c1. The molecule has 0 saturated heterocycles. The lowest BCUT2D eigenvalue weighted by Crippen LogP contribution is -2.30. The van der Waals surface area contributed by atoms with Crippen molar-refractivity contribution in [1.29, 1.82) is 0 Å². The molecule has 0 aliphatic heterocycles. The van der Waals surface area contributed by atoms with Gasteiger partial charge in [-0.2, -0.15) is 4.31 Å². The van der Waals surface area contributed by atoms with Crippen LogP contribution in [0.25, 0.3) is 0 Å². The number of hydrogen-bond donors (Lipinski definition) is 1. The monoisotopic (exact) mass is 309 g/mol. The fourth-order valence-electron chi connectivity index (χ4n) is 2.03. The van der Waals surface area contributed by atoms with E-state index in [2.05, 4.69) is 0 Å². The van der Waals surface area contributed by atoms with E-state index >= 15 is 0 Å². The van der Waals surface area contributed by atoms with Crippen molar-refractivity contribution in [2.45, 2.75) is 17.9 Å². The molecule has 1 N–H and O–H groups in total. The van der Waals surface area contributed by atoms with Crippen molar-refractivity contribution in [2.75, 3.05) is 7.05 Å². The highest BCUT2D eigenvalue weighted by Gasteiger charge is 2.27. The van der Waals surface area contributed by atoms with Gasteiger partial charge in [0.1, 0.15) is 11.6 Å². The number of nitrogens with zero attached hydrogens (tertiary/aromatic N) is 1. The van der Waals surface area contributed by atoms with Crippen LogP contribution in [-0.2, 0) is 10.0 Å².